The Bertz CT molecular complexity index is 1250. The highest BCUT2D eigenvalue weighted by Gasteiger charge is 2.34. The van der Waals surface area contributed by atoms with Crippen molar-refractivity contribution >= 4 is 43.2 Å². The molecule has 28 heavy (non-hydrogen) atoms. The summed E-state index contributed by atoms with van der Waals surface area (Å²) in [4.78, 5) is 26.1. The van der Waals surface area contributed by atoms with Gasteiger partial charge in [-0.25, -0.2) is 8.42 Å². The highest BCUT2D eigenvalue weighted by molar-refractivity contribution is 9.10. The molecule has 0 saturated carbocycles. The van der Waals surface area contributed by atoms with E-state index in [2.05, 4.69) is 20.7 Å². The van der Waals surface area contributed by atoms with Crippen LogP contribution in [0, 0.1) is 6.92 Å². The van der Waals surface area contributed by atoms with Gasteiger partial charge in [0.15, 0.2) is 11.6 Å². The Morgan fingerprint density at radius 3 is 1.96 bits per heavy atom. The minimum absolute atomic E-state index is 0.0498. The normalized spacial score (nSPS) is 13.1. The van der Waals surface area contributed by atoms with Gasteiger partial charge < -0.3 is 0 Å². The zero-order valence-electron chi connectivity index (χ0n) is 14.7. The smallest absolute Gasteiger partial charge is 0.261 e. The molecule has 140 valence electrons. The maximum absolute atomic E-state index is 13.1. The molecule has 0 heterocycles. The van der Waals surface area contributed by atoms with Gasteiger partial charge in [0.05, 0.1) is 21.7 Å². The molecule has 4 rings (SSSR count). The summed E-state index contributed by atoms with van der Waals surface area (Å²) in [6.07, 6.45) is 0. The molecule has 3 aromatic carbocycles. The molecular weight excluding hydrogens is 442 g/mol. The van der Waals surface area contributed by atoms with Crippen molar-refractivity contribution in [1.82, 2.24) is 0 Å². The molecule has 0 radical (unpaired) electrons. The summed E-state index contributed by atoms with van der Waals surface area (Å²) in [5.74, 6) is -0.721. The van der Waals surface area contributed by atoms with Gasteiger partial charge in [-0.05, 0) is 31.2 Å². The molecule has 0 unspecified atom stereocenters. The fourth-order valence-corrected chi connectivity index (χ4v) is 4.77. The maximum Gasteiger partial charge on any atom is 0.261 e. The van der Waals surface area contributed by atoms with Crippen molar-refractivity contribution in [2.75, 3.05) is 4.72 Å². The van der Waals surface area contributed by atoms with Crippen LogP contribution in [0.15, 0.2) is 70.0 Å². The zero-order valence-corrected chi connectivity index (χ0v) is 17.1. The van der Waals surface area contributed by atoms with Gasteiger partial charge in [-0.1, -0.05) is 57.9 Å². The second-order valence-electron chi connectivity index (χ2n) is 6.47. The molecule has 1 aliphatic rings. The van der Waals surface area contributed by atoms with E-state index < -0.39 is 15.8 Å². The molecule has 0 aliphatic heterocycles. The highest BCUT2D eigenvalue weighted by Crippen LogP contribution is 2.37. The monoisotopic (exact) mass is 455 g/mol. The van der Waals surface area contributed by atoms with Gasteiger partial charge in [-0.2, -0.15) is 0 Å². The molecule has 1 aliphatic carbocycles. The van der Waals surface area contributed by atoms with Gasteiger partial charge >= 0.3 is 0 Å². The number of ketones is 2. The van der Waals surface area contributed by atoms with E-state index in [0.29, 0.717) is 10.0 Å². The van der Waals surface area contributed by atoms with Crippen LogP contribution in [-0.2, 0) is 10.0 Å². The van der Waals surface area contributed by atoms with E-state index in [-0.39, 0.29) is 33.1 Å². The number of aryl methyl sites for hydroxylation is 1. The van der Waals surface area contributed by atoms with Crippen molar-refractivity contribution in [2.45, 2.75) is 11.8 Å². The van der Waals surface area contributed by atoms with Crippen molar-refractivity contribution < 1.29 is 18.0 Å². The molecule has 0 aromatic heterocycles. The van der Waals surface area contributed by atoms with E-state index in [1.165, 1.54) is 18.2 Å². The molecule has 0 bridgehead atoms. The highest BCUT2D eigenvalue weighted by atomic mass is 79.9. The second-order valence-corrected chi connectivity index (χ2v) is 9.00. The number of benzene rings is 3. The van der Waals surface area contributed by atoms with Crippen LogP contribution < -0.4 is 4.72 Å². The fraction of sp³-hybridized carbons (Fsp3) is 0.0476. The number of fused-ring (bicyclic) bond motifs is 2. The lowest BCUT2D eigenvalue weighted by molar-refractivity contribution is 0.0979. The van der Waals surface area contributed by atoms with Crippen LogP contribution in [0.2, 0.25) is 0 Å². The van der Waals surface area contributed by atoms with Gasteiger partial charge in [0.2, 0.25) is 0 Å². The number of carbonyl (C=O) groups excluding carboxylic acids is 2. The number of hydrogen-bond donors (Lipinski definition) is 1. The molecule has 0 fully saturated rings. The largest absolute Gasteiger partial charge is 0.289 e. The van der Waals surface area contributed by atoms with Crippen LogP contribution in [-0.4, -0.2) is 20.0 Å². The van der Waals surface area contributed by atoms with Crippen molar-refractivity contribution in [1.29, 1.82) is 0 Å². The number of hydrogen-bond acceptors (Lipinski definition) is 4. The standard InChI is InChI=1S/C21H14BrNO4S/c1-12-6-8-13(9-7-12)28(26,27)23-17-11-10-16(22)18-19(17)21(25)15-5-3-2-4-14(15)20(18)24/h2-11,23H,1H3. The fourth-order valence-electron chi connectivity index (χ4n) is 3.19. The topological polar surface area (TPSA) is 80.3 Å². The van der Waals surface area contributed by atoms with Gasteiger partial charge in [-0.15, -0.1) is 0 Å². The summed E-state index contributed by atoms with van der Waals surface area (Å²) in [7, 11) is -3.92. The Hall–Kier alpha value is -2.77. The molecule has 7 heteroatoms. The Morgan fingerprint density at radius 2 is 1.36 bits per heavy atom. The molecule has 5 nitrogen and oxygen atoms in total. The van der Waals surface area contributed by atoms with E-state index in [1.807, 2.05) is 6.92 Å². The van der Waals surface area contributed by atoms with E-state index in [1.54, 1.807) is 42.5 Å². The first-order valence-corrected chi connectivity index (χ1v) is 10.7. The van der Waals surface area contributed by atoms with Crippen LogP contribution in [0.3, 0.4) is 0 Å². The van der Waals surface area contributed by atoms with Crippen molar-refractivity contribution in [3.05, 3.63) is 93.0 Å². The Labute approximate surface area is 170 Å². The summed E-state index contributed by atoms with van der Waals surface area (Å²) < 4.78 is 28.5. The quantitative estimate of drug-likeness (QED) is 0.498. The van der Waals surface area contributed by atoms with Gasteiger partial charge in [0.1, 0.15) is 0 Å². The van der Waals surface area contributed by atoms with E-state index in [0.717, 1.165) is 5.56 Å². The minimum Gasteiger partial charge on any atom is -0.289 e. The number of carbonyl (C=O) groups is 2. The van der Waals surface area contributed by atoms with Crippen molar-refractivity contribution in [3.8, 4) is 0 Å². The summed E-state index contributed by atoms with van der Waals surface area (Å²) in [5, 5.41) is 0. The number of rotatable bonds is 3. The lowest BCUT2D eigenvalue weighted by atomic mass is 9.83. The van der Waals surface area contributed by atoms with Gasteiger partial charge in [0.25, 0.3) is 10.0 Å². The Balaban J connectivity index is 1.86. The van der Waals surface area contributed by atoms with Crippen LogP contribution in [0.5, 0.6) is 0 Å². The number of sulfonamides is 1. The SMILES string of the molecule is Cc1ccc(S(=O)(=O)Nc2ccc(Br)c3c2C(=O)c2ccccc2C3=O)cc1. The third-order valence-corrected chi connectivity index (χ3v) is 6.64. The molecule has 0 amide bonds. The second kappa shape index (κ2) is 6.68. The summed E-state index contributed by atoms with van der Waals surface area (Å²) in [6.45, 7) is 1.86. The van der Waals surface area contributed by atoms with E-state index in [9.17, 15) is 18.0 Å². The number of nitrogens with one attached hydrogen (secondary N) is 1. The van der Waals surface area contributed by atoms with Crippen molar-refractivity contribution in [2.24, 2.45) is 0 Å². The molecule has 0 saturated heterocycles. The minimum atomic E-state index is -3.92. The summed E-state index contributed by atoms with van der Waals surface area (Å²) in [6, 6.07) is 15.9. The predicted octanol–water partition coefficient (Wildman–Crippen LogP) is 4.33. The summed E-state index contributed by atoms with van der Waals surface area (Å²) >= 11 is 3.32. The van der Waals surface area contributed by atoms with Crippen LogP contribution in [0.25, 0.3) is 0 Å². The van der Waals surface area contributed by atoms with E-state index in [4.69, 9.17) is 0 Å². The lowest BCUT2D eigenvalue weighted by Gasteiger charge is -2.22. The molecular formula is C21H14BrNO4S. The number of halogens is 1. The third kappa shape index (κ3) is 2.96. The van der Waals surface area contributed by atoms with Gasteiger partial charge in [-0.3, -0.25) is 14.3 Å². The Kier molecular flexibility index (Phi) is 4.44. The molecule has 0 atom stereocenters. The first-order valence-electron chi connectivity index (χ1n) is 8.40. The molecule has 3 aromatic rings. The van der Waals surface area contributed by atoms with Crippen LogP contribution in [0.1, 0.15) is 37.4 Å². The first-order chi connectivity index (χ1) is 13.3. The third-order valence-electron chi connectivity index (χ3n) is 4.60. The average molecular weight is 456 g/mol. The first kappa shape index (κ1) is 18.6. The number of anilines is 1. The van der Waals surface area contributed by atoms with Crippen LogP contribution in [0.4, 0.5) is 5.69 Å². The predicted molar refractivity (Wildman–Crippen MR) is 109 cm³/mol. The van der Waals surface area contributed by atoms with Crippen LogP contribution >= 0.6 is 15.9 Å². The zero-order chi connectivity index (χ0) is 20.1. The average Bonchev–Trinajstić information content (AvgIpc) is 2.67. The van der Waals surface area contributed by atoms with Crippen molar-refractivity contribution in [3.63, 3.8) is 0 Å². The maximum atomic E-state index is 13.1. The van der Waals surface area contributed by atoms with E-state index >= 15 is 0 Å². The van der Waals surface area contributed by atoms with Gasteiger partial charge in [0, 0.05) is 15.6 Å². The lowest BCUT2D eigenvalue weighted by Crippen LogP contribution is -2.24. The summed E-state index contributed by atoms with van der Waals surface area (Å²) in [5.41, 5.74) is 1.78. The molecule has 0 spiro atoms. The Morgan fingerprint density at radius 1 is 0.786 bits per heavy atom. The molecule has 1 N–H and O–H groups in total.